The molecule has 0 spiro atoms. The Hall–Kier alpha value is -2.54. The van der Waals surface area contributed by atoms with E-state index in [1.807, 2.05) is 0 Å². The van der Waals surface area contributed by atoms with Crippen molar-refractivity contribution < 1.29 is 27.8 Å². The van der Waals surface area contributed by atoms with Gasteiger partial charge in [0, 0.05) is 12.6 Å². The molecular weight excluding hydrogens is 335 g/mol. The molecule has 0 fully saturated rings. The number of nitrogens with zero attached hydrogens (tertiary/aromatic N) is 1. The number of halogens is 3. The molecule has 1 amide bonds. The number of hydrogen-bond acceptors (Lipinski definition) is 3. The first-order chi connectivity index (χ1) is 11.7. The lowest BCUT2D eigenvalue weighted by atomic mass is 10.1. The fourth-order valence-corrected chi connectivity index (χ4v) is 2.32. The van der Waals surface area contributed by atoms with E-state index in [0.29, 0.717) is 11.3 Å². The quantitative estimate of drug-likeness (QED) is 0.895. The molecule has 1 unspecified atom stereocenters. The Labute approximate surface area is 143 Å². The number of hydrogen-bond donors (Lipinski definition) is 1. The number of likely N-dealkylation sites (N-methyl/N-ethyl adjacent to an activating group) is 1. The van der Waals surface area contributed by atoms with Crippen molar-refractivity contribution in [2.24, 2.45) is 0 Å². The third-order valence-electron chi connectivity index (χ3n) is 3.73. The van der Waals surface area contributed by atoms with Gasteiger partial charge in [-0.3, -0.25) is 4.79 Å². The second kappa shape index (κ2) is 7.57. The smallest absolute Gasteiger partial charge is 0.416 e. The second-order valence-corrected chi connectivity index (χ2v) is 5.55. The number of alkyl halides is 3. The summed E-state index contributed by atoms with van der Waals surface area (Å²) >= 11 is 0. The summed E-state index contributed by atoms with van der Waals surface area (Å²) < 4.78 is 42.8. The summed E-state index contributed by atoms with van der Waals surface area (Å²) in [6.45, 7) is -0.00692. The molecule has 0 aromatic heterocycles. The van der Waals surface area contributed by atoms with Gasteiger partial charge in [-0.25, -0.2) is 0 Å². The Morgan fingerprint density at radius 3 is 2.40 bits per heavy atom. The Bertz CT molecular complexity index is 729. The van der Waals surface area contributed by atoms with Crippen LogP contribution in [0.25, 0.3) is 0 Å². The van der Waals surface area contributed by atoms with Gasteiger partial charge in [-0.15, -0.1) is 0 Å². The Morgan fingerprint density at radius 1 is 1.20 bits per heavy atom. The number of benzene rings is 2. The SMILES string of the molecule is COc1cccc(C(O)CN(C)C(=O)c2ccc(C(F)(F)F)cc2)c1. The van der Waals surface area contributed by atoms with Crippen molar-refractivity contribution in [1.82, 2.24) is 4.90 Å². The minimum atomic E-state index is -4.45. The van der Waals surface area contributed by atoms with E-state index in [1.54, 1.807) is 24.3 Å². The molecule has 0 saturated heterocycles. The van der Waals surface area contributed by atoms with E-state index >= 15 is 0 Å². The highest BCUT2D eigenvalue weighted by Gasteiger charge is 2.30. The fourth-order valence-electron chi connectivity index (χ4n) is 2.32. The maximum absolute atomic E-state index is 12.6. The van der Waals surface area contributed by atoms with Gasteiger partial charge in [-0.2, -0.15) is 13.2 Å². The zero-order chi connectivity index (χ0) is 18.6. The number of amides is 1. The first kappa shape index (κ1) is 18.8. The van der Waals surface area contributed by atoms with Crippen LogP contribution in [0.15, 0.2) is 48.5 Å². The van der Waals surface area contributed by atoms with Gasteiger partial charge in [0.15, 0.2) is 0 Å². The molecule has 0 bridgehead atoms. The molecule has 1 atom stereocenters. The third kappa shape index (κ3) is 4.73. The van der Waals surface area contributed by atoms with Crippen molar-refractivity contribution in [1.29, 1.82) is 0 Å². The molecule has 0 saturated carbocycles. The largest absolute Gasteiger partial charge is 0.497 e. The zero-order valence-electron chi connectivity index (χ0n) is 13.7. The molecule has 134 valence electrons. The molecule has 25 heavy (non-hydrogen) atoms. The van der Waals surface area contributed by atoms with Crippen LogP contribution in [-0.2, 0) is 6.18 Å². The number of aliphatic hydroxyl groups excluding tert-OH is 1. The average molecular weight is 353 g/mol. The van der Waals surface area contributed by atoms with Crippen molar-refractivity contribution in [3.63, 3.8) is 0 Å². The summed E-state index contributed by atoms with van der Waals surface area (Å²) in [6, 6.07) is 10.8. The Kier molecular flexibility index (Phi) is 5.69. The van der Waals surface area contributed by atoms with Gasteiger partial charge in [0.05, 0.1) is 25.3 Å². The lowest BCUT2D eigenvalue weighted by molar-refractivity contribution is -0.137. The number of rotatable bonds is 5. The molecular formula is C18H18F3NO3. The molecule has 2 rings (SSSR count). The summed E-state index contributed by atoms with van der Waals surface area (Å²) in [7, 11) is 2.98. The van der Waals surface area contributed by atoms with Gasteiger partial charge >= 0.3 is 6.18 Å². The van der Waals surface area contributed by atoms with Crippen LogP contribution < -0.4 is 4.74 Å². The van der Waals surface area contributed by atoms with Crippen LogP contribution in [0.4, 0.5) is 13.2 Å². The first-order valence-corrected chi connectivity index (χ1v) is 7.47. The Balaban J connectivity index is 2.06. The lowest BCUT2D eigenvalue weighted by Crippen LogP contribution is -2.31. The van der Waals surface area contributed by atoms with Crippen molar-refractivity contribution in [2.75, 3.05) is 20.7 Å². The predicted octanol–water partition coefficient (Wildman–Crippen LogP) is 3.52. The fraction of sp³-hybridized carbons (Fsp3) is 0.278. The standard InChI is InChI=1S/C18H18F3NO3/c1-22(11-16(23)13-4-3-5-15(10-13)25-2)17(24)12-6-8-14(9-7-12)18(19,20)21/h3-10,16,23H,11H2,1-2H3. The maximum atomic E-state index is 12.6. The van der Waals surface area contributed by atoms with Gasteiger partial charge < -0.3 is 14.7 Å². The van der Waals surface area contributed by atoms with E-state index in [1.165, 1.54) is 19.1 Å². The highest BCUT2D eigenvalue weighted by molar-refractivity contribution is 5.94. The molecule has 7 heteroatoms. The number of carbonyl (C=O) groups excluding carboxylic acids is 1. The van der Waals surface area contributed by atoms with E-state index in [-0.39, 0.29) is 12.1 Å². The normalized spacial score (nSPS) is 12.6. The minimum absolute atomic E-state index is 0.00692. The summed E-state index contributed by atoms with van der Waals surface area (Å²) in [5, 5.41) is 10.3. The van der Waals surface area contributed by atoms with Crippen LogP contribution >= 0.6 is 0 Å². The van der Waals surface area contributed by atoms with E-state index in [9.17, 15) is 23.1 Å². The summed E-state index contributed by atoms with van der Waals surface area (Å²) in [5.41, 5.74) is -0.122. The molecule has 0 aliphatic carbocycles. The number of aliphatic hydroxyl groups is 1. The van der Waals surface area contributed by atoms with Crippen LogP contribution in [-0.4, -0.2) is 36.6 Å². The summed E-state index contributed by atoms with van der Waals surface area (Å²) in [5.74, 6) is 0.101. The van der Waals surface area contributed by atoms with Crippen LogP contribution in [0, 0.1) is 0 Å². The monoisotopic (exact) mass is 353 g/mol. The second-order valence-electron chi connectivity index (χ2n) is 5.55. The molecule has 0 radical (unpaired) electrons. The third-order valence-corrected chi connectivity index (χ3v) is 3.73. The number of methoxy groups -OCH3 is 1. The molecule has 4 nitrogen and oxygen atoms in total. The van der Waals surface area contributed by atoms with Crippen molar-refractivity contribution in [3.8, 4) is 5.75 Å². The molecule has 0 aliphatic heterocycles. The van der Waals surface area contributed by atoms with E-state index in [2.05, 4.69) is 0 Å². The van der Waals surface area contributed by atoms with Crippen LogP contribution in [0.1, 0.15) is 27.6 Å². The average Bonchev–Trinajstić information content (AvgIpc) is 2.60. The first-order valence-electron chi connectivity index (χ1n) is 7.47. The van der Waals surface area contributed by atoms with Gasteiger partial charge in [-0.1, -0.05) is 12.1 Å². The highest BCUT2D eigenvalue weighted by atomic mass is 19.4. The topological polar surface area (TPSA) is 49.8 Å². The van der Waals surface area contributed by atoms with Crippen LogP contribution in [0.2, 0.25) is 0 Å². The molecule has 2 aromatic rings. The Morgan fingerprint density at radius 2 is 1.84 bits per heavy atom. The van der Waals surface area contributed by atoms with Gasteiger partial charge in [0.1, 0.15) is 5.75 Å². The van der Waals surface area contributed by atoms with E-state index in [0.717, 1.165) is 24.3 Å². The molecule has 1 N–H and O–H groups in total. The van der Waals surface area contributed by atoms with Crippen LogP contribution in [0.3, 0.4) is 0 Å². The highest BCUT2D eigenvalue weighted by Crippen LogP contribution is 2.29. The predicted molar refractivity (Wildman–Crippen MR) is 86.4 cm³/mol. The van der Waals surface area contributed by atoms with Crippen molar-refractivity contribution in [3.05, 3.63) is 65.2 Å². The van der Waals surface area contributed by atoms with E-state index < -0.39 is 23.8 Å². The molecule has 2 aromatic carbocycles. The maximum Gasteiger partial charge on any atom is 0.416 e. The van der Waals surface area contributed by atoms with Crippen molar-refractivity contribution in [2.45, 2.75) is 12.3 Å². The van der Waals surface area contributed by atoms with E-state index in [4.69, 9.17) is 4.74 Å². The minimum Gasteiger partial charge on any atom is -0.497 e. The van der Waals surface area contributed by atoms with Crippen molar-refractivity contribution >= 4 is 5.91 Å². The molecule has 0 heterocycles. The lowest BCUT2D eigenvalue weighted by Gasteiger charge is -2.21. The van der Waals surface area contributed by atoms with Crippen LogP contribution in [0.5, 0.6) is 5.75 Å². The molecule has 0 aliphatic rings. The van der Waals surface area contributed by atoms with Gasteiger partial charge in [-0.05, 0) is 42.0 Å². The zero-order valence-corrected chi connectivity index (χ0v) is 13.7. The summed E-state index contributed by atoms with van der Waals surface area (Å²) in [6.07, 6.45) is -5.39. The number of carbonyl (C=O) groups is 1. The summed E-state index contributed by atoms with van der Waals surface area (Å²) in [4.78, 5) is 13.6. The van der Waals surface area contributed by atoms with Gasteiger partial charge in [0.2, 0.25) is 0 Å². The van der Waals surface area contributed by atoms with Gasteiger partial charge in [0.25, 0.3) is 5.91 Å². The number of ether oxygens (including phenoxy) is 1.